The lowest BCUT2D eigenvalue weighted by Crippen LogP contribution is -2.27. The van der Waals surface area contributed by atoms with Gasteiger partial charge >= 0.3 is 0 Å². The maximum atomic E-state index is 5.17. The molecule has 0 N–H and O–H groups in total. The van der Waals surface area contributed by atoms with E-state index in [1.807, 2.05) is 24.3 Å². The number of hydrogen-bond donors (Lipinski definition) is 0. The molecule has 0 fully saturated rings. The fraction of sp³-hybridized carbons (Fsp3) is 0.164. The van der Waals surface area contributed by atoms with Gasteiger partial charge in [-0.1, -0.05) is 193 Å². The Balaban J connectivity index is 1.19. The maximum absolute atomic E-state index is 5.17. The summed E-state index contributed by atoms with van der Waals surface area (Å²) in [6.07, 6.45) is 0. The lowest BCUT2D eigenvalue weighted by atomic mass is 9.68. The van der Waals surface area contributed by atoms with Gasteiger partial charge in [-0.05, 0) is 95.8 Å². The standard InChI is InChI=1S/C55H46N2/c1-53(2,3)40-25-28-44-45-29-26-41(54(4,5)6)33-49(45)55(48(44)32-40)46-23-14-13-22-42(46)43-27-24-38(31-47(43)55)37-20-15-21-39(30-37)51-34-50(35-16-9-7-10-17-35)56-52(57-51)36-18-11-8-12-19-36/h7-34H,1-6H3. The molecule has 276 valence electrons. The van der Waals surface area contributed by atoms with E-state index in [1.54, 1.807) is 0 Å². The van der Waals surface area contributed by atoms with Crippen LogP contribution in [0.15, 0.2) is 170 Å². The first-order chi connectivity index (χ1) is 27.5. The number of benzene rings is 7. The summed E-state index contributed by atoms with van der Waals surface area (Å²) < 4.78 is 0. The lowest BCUT2D eigenvalue weighted by Gasteiger charge is -2.33. The van der Waals surface area contributed by atoms with Crippen LogP contribution >= 0.6 is 0 Å². The van der Waals surface area contributed by atoms with E-state index in [0.29, 0.717) is 0 Å². The Labute approximate surface area is 337 Å². The molecule has 0 saturated carbocycles. The molecule has 0 unspecified atom stereocenters. The van der Waals surface area contributed by atoms with Gasteiger partial charge in [-0.3, -0.25) is 0 Å². The lowest BCUT2D eigenvalue weighted by molar-refractivity contribution is 0.586. The molecule has 0 atom stereocenters. The Morgan fingerprint density at radius 1 is 0.333 bits per heavy atom. The average molecular weight is 735 g/mol. The van der Waals surface area contributed by atoms with Crippen molar-refractivity contribution in [1.29, 1.82) is 0 Å². The second-order valence-corrected chi connectivity index (χ2v) is 17.9. The smallest absolute Gasteiger partial charge is 0.160 e. The van der Waals surface area contributed by atoms with Crippen molar-refractivity contribution >= 4 is 0 Å². The van der Waals surface area contributed by atoms with Crippen LogP contribution < -0.4 is 0 Å². The van der Waals surface area contributed by atoms with Crippen molar-refractivity contribution in [3.8, 4) is 67.3 Å². The third-order valence-corrected chi connectivity index (χ3v) is 12.2. The molecule has 2 heteroatoms. The molecule has 1 spiro atoms. The van der Waals surface area contributed by atoms with Crippen LogP contribution in [0.2, 0.25) is 0 Å². The fourth-order valence-corrected chi connectivity index (χ4v) is 9.22. The molecule has 2 aliphatic rings. The van der Waals surface area contributed by atoms with E-state index < -0.39 is 5.41 Å². The van der Waals surface area contributed by atoms with Crippen LogP contribution in [0.25, 0.3) is 67.3 Å². The number of fused-ring (bicyclic) bond motifs is 10. The molecule has 2 nitrogen and oxygen atoms in total. The maximum Gasteiger partial charge on any atom is 0.160 e. The number of aromatic nitrogens is 2. The van der Waals surface area contributed by atoms with Crippen molar-refractivity contribution < 1.29 is 0 Å². The van der Waals surface area contributed by atoms with Gasteiger partial charge in [0.2, 0.25) is 0 Å². The molecule has 1 aromatic heterocycles. The molecular formula is C55H46N2. The quantitative estimate of drug-likeness (QED) is 0.180. The van der Waals surface area contributed by atoms with E-state index in [2.05, 4.69) is 187 Å². The fourth-order valence-electron chi connectivity index (χ4n) is 9.22. The second-order valence-electron chi connectivity index (χ2n) is 17.9. The van der Waals surface area contributed by atoms with Gasteiger partial charge in [0, 0.05) is 16.7 Å². The van der Waals surface area contributed by atoms with Gasteiger partial charge in [-0.25, -0.2) is 9.97 Å². The summed E-state index contributed by atoms with van der Waals surface area (Å²) in [6.45, 7) is 14.0. The van der Waals surface area contributed by atoms with Crippen LogP contribution in [0, 0.1) is 0 Å². The van der Waals surface area contributed by atoms with E-state index in [4.69, 9.17) is 9.97 Å². The van der Waals surface area contributed by atoms with Crippen molar-refractivity contribution in [2.24, 2.45) is 0 Å². The molecule has 1 heterocycles. The van der Waals surface area contributed by atoms with Crippen LogP contribution in [-0.2, 0) is 16.2 Å². The summed E-state index contributed by atoms with van der Waals surface area (Å²) in [6, 6.07) is 62.5. The van der Waals surface area contributed by atoms with Gasteiger partial charge in [0.05, 0.1) is 16.8 Å². The second kappa shape index (κ2) is 12.8. The van der Waals surface area contributed by atoms with Crippen molar-refractivity contribution in [1.82, 2.24) is 9.97 Å². The summed E-state index contributed by atoms with van der Waals surface area (Å²) >= 11 is 0. The van der Waals surface area contributed by atoms with Crippen molar-refractivity contribution in [2.45, 2.75) is 57.8 Å². The van der Waals surface area contributed by atoms with Gasteiger partial charge < -0.3 is 0 Å². The Morgan fingerprint density at radius 3 is 1.40 bits per heavy atom. The summed E-state index contributed by atoms with van der Waals surface area (Å²) in [5, 5.41) is 0. The minimum absolute atomic E-state index is 0.00650. The Morgan fingerprint density at radius 2 is 0.789 bits per heavy atom. The summed E-state index contributed by atoms with van der Waals surface area (Å²) in [5.41, 5.74) is 20.3. The van der Waals surface area contributed by atoms with Gasteiger partial charge in [0.15, 0.2) is 5.82 Å². The number of nitrogens with zero attached hydrogens (tertiary/aromatic N) is 2. The zero-order valence-corrected chi connectivity index (χ0v) is 33.6. The monoisotopic (exact) mass is 734 g/mol. The Kier molecular flexibility index (Phi) is 7.89. The van der Waals surface area contributed by atoms with Crippen molar-refractivity contribution in [2.75, 3.05) is 0 Å². The van der Waals surface area contributed by atoms with E-state index in [9.17, 15) is 0 Å². The summed E-state index contributed by atoms with van der Waals surface area (Å²) in [7, 11) is 0. The van der Waals surface area contributed by atoms with Crippen LogP contribution in [0.4, 0.5) is 0 Å². The van der Waals surface area contributed by atoms with Gasteiger partial charge in [-0.2, -0.15) is 0 Å². The normalized spacial score (nSPS) is 13.6. The van der Waals surface area contributed by atoms with E-state index >= 15 is 0 Å². The molecule has 2 aliphatic carbocycles. The third kappa shape index (κ3) is 5.61. The summed E-state index contributed by atoms with van der Waals surface area (Å²) in [4.78, 5) is 10.2. The summed E-state index contributed by atoms with van der Waals surface area (Å²) in [5.74, 6) is 0.720. The molecular weight excluding hydrogens is 689 g/mol. The van der Waals surface area contributed by atoms with Crippen molar-refractivity contribution in [3.05, 3.63) is 203 Å². The molecule has 0 saturated heterocycles. The predicted octanol–water partition coefficient (Wildman–Crippen LogP) is 14.1. The van der Waals surface area contributed by atoms with E-state index in [0.717, 1.165) is 39.5 Å². The first-order valence-electron chi connectivity index (χ1n) is 20.2. The zero-order chi connectivity index (χ0) is 39.1. The molecule has 0 amide bonds. The highest BCUT2D eigenvalue weighted by atomic mass is 14.9. The highest BCUT2D eigenvalue weighted by molar-refractivity contribution is 5.96. The molecule has 0 bridgehead atoms. The molecule has 8 aromatic rings. The van der Waals surface area contributed by atoms with Crippen molar-refractivity contribution in [3.63, 3.8) is 0 Å². The van der Waals surface area contributed by atoms with Gasteiger partial charge in [0.25, 0.3) is 0 Å². The zero-order valence-electron chi connectivity index (χ0n) is 33.6. The molecule has 0 aliphatic heterocycles. The topological polar surface area (TPSA) is 25.8 Å². The Hall–Kier alpha value is -6.38. The third-order valence-electron chi connectivity index (χ3n) is 12.2. The molecule has 7 aromatic carbocycles. The molecule has 10 rings (SSSR count). The van der Waals surface area contributed by atoms with Crippen LogP contribution in [0.3, 0.4) is 0 Å². The molecule has 0 radical (unpaired) electrons. The number of rotatable bonds is 4. The van der Waals surface area contributed by atoms with Gasteiger partial charge in [0.1, 0.15) is 0 Å². The molecule has 57 heavy (non-hydrogen) atoms. The van der Waals surface area contributed by atoms with Gasteiger partial charge in [-0.15, -0.1) is 0 Å². The first-order valence-corrected chi connectivity index (χ1v) is 20.2. The minimum atomic E-state index is -0.450. The highest BCUT2D eigenvalue weighted by Gasteiger charge is 2.52. The minimum Gasteiger partial charge on any atom is -0.228 e. The average Bonchev–Trinajstić information content (AvgIpc) is 3.70. The highest BCUT2D eigenvalue weighted by Crippen LogP contribution is 2.64. The van der Waals surface area contributed by atoms with E-state index in [1.165, 1.54) is 61.2 Å². The first kappa shape index (κ1) is 35.1. The number of hydrogen-bond acceptors (Lipinski definition) is 2. The Bertz CT molecular complexity index is 2730. The largest absolute Gasteiger partial charge is 0.228 e. The van der Waals surface area contributed by atoms with Crippen LogP contribution in [0.1, 0.15) is 74.9 Å². The van der Waals surface area contributed by atoms with Crippen LogP contribution in [0.5, 0.6) is 0 Å². The van der Waals surface area contributed by atoms with E-state index in [-0.39, 0.29) is 10.8 Å². The SMILES string of the molecule is CC(C)(C)c1ccc2c(c1)C1(c3ccccc3-c3ccc(-c4cccc(-c5cc(-c6ccccc6)nc(-c6ccccc6)n5)c4)cc31)c1cc(C(C)(C)C)ccc1-2. The van der Waals surface area contributed by atoms with Crippen LogP contribution in [-0.4, -0.2) is 9.97 Å². The predicted molar refractivity (Wildman–Crippen MR) is 237 cm³/mol.